The number of rotatable bonds is 6. The second-order valence-electron chi connectivity index (χ2n) is 6.62. The zero-order chi connectivity index (χ0) is 19.5. The third-order valence-electron chi connectivity index (χ3n) is 4.68. The van der Waals surface area contributed by atoms with Crippen LogP contribution in [0.2, 0.25) is 0 Å². The Labute approximate surface area is 162 Å². The summed E-state index contributed by atoms with van der Waals surface area (Å²) < 4.78 is 5.62. The summed E-state index contributed by atoms with van der Waals surface area (Å²) in [7, 11) is 0. The predicted molar refractivity (Wildman–Crippen MR) is 105 cm³/mol. The molecule has 0 fully saturated rings. The molecule has 3 aromatic rings. The number of ether oxygens (including phenoxy) is 1. The number of aliphatic hydroxyl groups excluding tert-OH is 1. The van der Waals surface area contributed by atoms with Crippen molar-refractivity contribution in [1.82, 2.24) is 4.90 Å². The number of amides is 2. The van der Waals surface area contributed by atoms with Gasteiger partial charge in [0.1, 0.15) is 18.5 Å². The number of carbonyl (C=O) groups excluding carboxylic acids is 2. The van der Waals surface area contributed by atoms with Crippen LogP contribution in [0.5, 0.6) is 5.75 Å². The fourth-order valence-corrected chi connectivity index (χ4v) is 3.24. The lowest BCUT2D eigenvalue weighted by atomic mass is 10.1. The topological polar surface area (TPSA) is 66.8 Å². The average molecular weight is 373 g/mol. The van der Waals surface area contributed by atoms with E-state index in [2.05, 4.69) is 0 Å². The predicted octanol–water partition coefficient (Wildman–Crippen LogP) is 3.39. The van der Waals surface area contributed by atoms with E-state index in [1.54, 1.807) is 24.3 Å². The lowest BCUT2D eigenvalue weighted by molar-refractivity contribution is 0.0457. The summed E-state index contributed by atoms with van der Waals surface area (Å²) in [4.78, 5) is 25.8. The zero-order valence-electron chi connectivity index (χ0n) is 15.1. The van der Waals surface area contributed by atoms with Gasteiger partial charge in [0.05, 0.1) is 17.7 Å². The highest BCUT2D eigenvalue weighted by Crippen LogP contribution is 2.24. The van der Waals surface area contributed by atoms with Gasteiger partial charge in [0.25, 0.3) is 11.8 Å². The first-order valence-corrected chi connectivity index (χ1v) is 9.05. The number of aliphatic hydroxyl groups is 1. The van der Waals surface area contributed by atoms with Gasteiger partial charge in [-0.3, -0.25) is 14.5 Å². The standard InChI is InChI=1S/C23H19NO4/c25-18(14-24-22(26)20-8-4-5-9-21(20)23(24)27)15-28-19-12-10-17(11-13-19)16-6-2-1-3-7-16/h1-13,18,25H,14-15H2. The summed E-state index contributed by atoms with van der Waals surface area (Å²) in [6.07, 6.45) is -0.976. The van der Waals surface area contributed by atoms with Gasteiger partial charge in [-0.2, -0.15) is 0 Å². The molecule has 0 saturated carbocycles. The first-order chi connectivity index (χ1) is 13.6. The number of β-amino-alcohol motifs (C(OH)–C–C–N with tert-alkyl or cyclic N) is 1. The minimum Gasteiger partial charge on any atom is -0.491 e. The molecular formula is C23H19NO4. The van der Waals surface area contributed by atoms with Gasteiger partial charge in [-0.1, -0.05) is 54.6 Å². The van der Waals surface area contributed by atoms with E-state index >= 15 is 0 Å². The van der Waals surface area contributed by atoms with Gasteiger partial charge in [0.2, 0.25) is 0 Å². The SMILES string of the molecule is O=C1c2ccccc2C(=O)N1CC(O)COc1ccc(-c2ccccc2)cc1. The Morgan fingerprint density at radius 3 is 1.89 bits per heavy atom. The van der Waals surface area contributed by atoms with Gasteiger partial charge in [0, 0.05) is 0 Å². The lowest BCUT2D eigenvalue weighted by Gasteiger charge is -2.19. The Balaban J connectivity index is 1.35. The van der Waals surface area contributed by atoms with Crippen LogP contribution in [-0.4, -0.2) is 41.1 Å². The van der Waals surface area contributed by atoms with Crippen LogP contribution in [0.3, 0.4) is 0 Å². The smallest absolute Gasteiger partial charge is 0.261 e. The molecular weight excluding hydrogens is 354 g/mol. The minimum absolute atomic E-state index is 0.0158. The van der Waals surface area contributed by atoms with Gasteiger partial charge in [-0.05, 0) is 35.4 Å². The van der Waals surface area contributed by atoms with Crippen molar-refractivity contribution in [2.24, 2.45) is 0 Å². The Kier molecular flexibility index (Phi) is 4.91. The molecule has 1 aliphatic rings. The molecule has 1 unspecified atom stereocenters. The third kappa shape index (κ3) is 3.52. The molecule has 1 heterocycles. The van der Waals surface area contributed by atoms with Crippen molar-refractivity contribution in [3.05, 3.63) is 90.0 Å². The number of carbonyl (C=O) groups is 2. The molecule has 1 aliphatic heterocycles. The molecule has 5 nitrogen and oxygen atoms in total. The number of nitrogens with zero attached hydrogens (tertiary/aromatic N) is 1. The number of imide groups is 1. The summed E-state index contributed by atoms with van der Waals surface area (Å²) in [5.41, 5.74) is 2.92. The first-order valence-electron chi connectivity index (χ1n) is 9.05. The van der Waals surface area contributed by atoms with Crippen LogP contribution < -0.4 is 4.74 Å². The number of hydrogen-bond acceptors (Lipinski definition) is 4. The minimum atomic E-state index is -0.976. The molecule has 28 heavy (non-hydrogen) atoms. The summed E-state index contributed by atoms with van der Waals surface area (Å²) in [6, 6.07) is 24.2. The van der Waals surface area contributed by atoms with Crippen LogP contribution in [-0.2, 0) is 0 Å². The van der Waals surface area contributed by atoms with Crippen molar-refractivity contribution >= 4 is 11.8 Å². The monoisotopic (exact) mass is 373 g/mol. The van der Waals surface area contributed by atoms with E-state index in [1.165, 1.54) is 0 Å². The second kappa shape index (κ2) is 7.66. The normalized spacial score (nSPS) is 14.1. The van der Waals surface area contributed by atoms with Gasteiger partial charge >= 0.3 is 0 Å². The van der Waals surface area contributed by atoms with E-state index in [1.807, 2.05) is 54.6 Å². The molecule has 4 rings (SSSR count). The molecule has 0 saturated heterocycles. The largest absolute Gasteiger partial charge is 0.491 e. The Hall–Kier alpha value is -3.44. The maximum Gasteiger partial charge on any atom is 0.261 e. The molecule has 0 aliphatic carbocycles. The zero-order valence-corrected chi connectivity index (χ0v) is 15.1. The van der Waals surface area contributed by atoms with Crippen molar-refractivity contribution in [2.45, 2.75) is 6.10 Å². The number of hydrogen-bond donors (Lipinski definition) is 1. The fraction of sp³-hybridized carbons (Fsp3) is 0.130. The number of fused-ring (bicyclic) bond motifs is 1. The summed E-state index contributed by atoms with van der Waals surface area (Å²) in [6.45, 7) is -0.119. The van der Waals surface area contributed by atoms with Crippen molar-refractivity contribution in [2.75, 3.05) is 13.2 Å². The van der Waals surface area contributed by atoms with Crippen LogP contribution in [0, 0.1) is 0 Å². The fourth-order valence-electron chi connectivity index (χ4n) is 3.24. The van der Waals surface area contributed by atoms with E-state index in [9.17, 15) is 14.7 Å². The van der Waals surface area contributed by atoms with Crippen LogP contribution in [0.25, 0.3) is 11.1 Å². The Morgan fingerprint density at radius 2 is 1.29 bits per heavy atom. The number of benzene rings is 3. The van der Waals surface area contributed by atoms with Crippen molar-refractivity contribution in [3.8, 4) is 16.9 Å². The molecule has 1 N–H and O–H groups in total. The van der Waals surface area contributed by atoms with E-state index < -0.39 is 6.10 Å². The first kappa shape index (κ1) is 17.9. The molecule has 2 amide bonds. The quantitative estimate of drug-likeness (QED) is 0.673. The molecule has 3 aromatic carbocycles. The Bertz CT molecular complexity index is 964. The molecule has 1 atom stereocenters. The highest BCUT2D eigenvalue weighted by Gasteiger charge is 2.36. The molecule has 140 valence electrons. The van der Waals surface area contributed by atoms with Crippen molar-refractivity contribution in [3.63, 3.8) is 0 Å². The molecule has 5 heteroatoms. The Morgan fingerprint density at radius 1 is 0.750 bits per heavy atom. The molecule has 0 aromatic heterocycles. The van der Waals surface area contributed by atoms with Crippen LogP contribution in [0.4, 0.5) is 0 Å². The van der Waals surface area contributed by atoms with E-state index in [-0.39, 0.29) is 25.0 Å². The molecule has 0 bridgehead atoms. The molecule has 0 spiro atoms. The van der Waals surface area contributed by atoms with Crippen LogP contribution >= 0.6 is 0 Å². The van der Waals surface area contributed by atoms with Gasteiger partial charge in [0.15, 0.2) is 0 Å². The van der Waals surface area contributed by atoms with Gasteiger partial charge in [-0.25, -0.2) is 0 Å². The summed E-state index contributed by atoms with van der Waals surface area (Å²) >= 11 is 0. The highest BCUT2D eigenvalue weighted by molar-refractivity contribution is 6.21. The summed E-state index contributed by atoms with van der Waals surface area (Å²) in [5, 5.41) is 10.2. The third-order valence-corrected chi connectivity index (χ3v) is 4.68. The highest BCUT2D eigenvalue weighted by atomic mass is 16.5. The van der Waals surface area contributed by atoms with E-state index in [0.29, 0.717) is 16.9 Å². The van der Waals surface area contributed by atoms with E-state index in [4.69, 9.17) is 4.74 Å². The van der Waals surface area contributed by atoms with Gasteiger partial charge in [-0.15, -0.1) is 0 Å². The maximum atomic E-state index is 12.3. The van der Waals surface area contributed by atoms with Gasteiger partial charge < -0.3 is 9.84 Å². The average Bonchev–Trinajstić information content (AvgIpc) is 2.98. The van der Waals surface area contributed by atoms with E-state index in [0.717, 1.165) is 16.0 Å². The van der Waals surface area contributed by atoms with Crippen LogP contribution in [0.15, 0.2) is 78.9 Å². The summed E-state index contributed by atoms with van der Waals surface area (Å²) in [5.74, 6) is -0.153. The lowest BCUT2D eigenvalue weighted by Crippen LogP contribution is -2.39. The van der Waals surface area contributed by atoms with Crippen LogP contribution in [0.1, 0.15) is 20.7 Å². The maximum absolute atomic E-state index is 12.3. The van der Waals surface area contributed by atoms with Crippen molar-refractivity contribution < 1.29 is 19.4 Å². The molecule has 0 radical (unpaired) electrons. The second-order valence-corrected chi connectivity index (χ2v) is 6.62. The van der Waals surface area contributed by atoms with Crippen molar-refractivity contribution in [1.29, 1.82) is 0 Å².